The normalized spacial score (nSPS) is 15.0. The summed E-state index contributed by atoms with van der Waals surface area (Å²) in [5, 5.41) is 3.36. The number of anilines is 2. The van der Waals surface area contributed by atoms with E-state index in [0.717, 1.165) is 44.6 Å². The predicted octanol–water partition coefficient (Wildman–Crippen LogP) is 2.23. The number of nitrogens with one attached hydrogen (secondary N) is 1. The zero-order valence-corrected chi connectivity index (χ0v) is 12.2. The number of aryl methyl sites for hydroxylation is 1. The van der Waals surface area contributed by atoms with Crippen LogP contribution in [0.4, 0.5) is 11.8 Å². The van der Waals surface area contributed by atoms with Gasteiger partial charge in [0.1, 0.15) is 5.82 Å². The van der Waals surface area contributed by atoms with Crippen molar-refractivity contribution in [3.8, 4) is 0 Å². The van der Waals surface area contributed by atoms with Crippen molar-refractivity contribution in [1.29, 1.82) is 0 Å². The second kappa shape index (κ2) is 6.54. The Morgan fingerprint density at radius 2 is 2.10 bits per heavy atom. The van der Waals surface area contributed by atoms with Gasteiger partial charge in [0.15, 0.2) is 0 Å². The Hall–Kier alpha value is -2.14. The molecule has 5 nitrogen and oxygen atoms in total. The average Bonchev–Trinajstić information content (AvgIpc) is 2.54. The van der Waals surface area contributed by atoms with Crippen molar-refractivity contribution < 1.29 is 4.74 Å². The Balaban J connectivity index is 1.65. The maximum absolute atomic E-state index is 5.36. The number of hydrogen-bond donors (Lipinski definition) is 1. The Kier molecular flexibility index (Phi) is 4.31. The molecular formula is C16H20N4O. The van der Waals surface area contributed by atoms with Gasteiger partial charge in [-0.3, -0.25) is 0 Å². The molecule has 0 bridgehead atoms. The molecule has 0 spiro atoms. The van der Waals surface area contributed by atoms with Gasteiger partial charge >= 0.3 is 0 Å². The quantitative estimate of drug-likeness (QED) is 0.933. The SMILES string of the molecule is Cc1cccc(CNc2ccnc(N3CCOCC3)n2)c1. The molecule has 0 unspecified atom stereocenters. The van der Waals surface area contributed by atoms with Crippen LogP contribution in [-0.4, -0.2) is 36.3 Å². The third-order valence-electron chi connectivity index (χ3n) is 3.49. The fraction of sp³-hybridized carbons (Fsp3) is 0.375. The molecule has 2 aromatic rings. The van der Waals surface area contributed by atoms with Gasteiger partial charge in [0.25, 0.3) is 0 Å². The number of aromatic nitrogens is 2. The van der Waals surface area contributed by atoms with Gasteiger partial charge in [-0.2, -0.15) is 4.98 Å². The van der Waals surface area contributed by atoms with Crippen LogP contribution in [0.3, 0.4) is 0 Å². The molecule has 1 aromatic carbocycles. The molecule has 21 heavy (non-hydrogen) atoms. The smallest absolute Gasteiger partial charge is 0.227 e. The second-order valence-corrected chi connectivity index (χ2v) is 5.18. The summed E-state index contributed by atoms with van der Waals surface area (Å²) in [4.78, 5) is 11.1. The van der Waals surface area contributed by atoms with Crippen LogP contribution in [0.2, 0.25) is 0 Å². The number of morpholine rings is 1. The Morgan fingerprint density at radius 1 is 1.24 bits per heavy atom. The van der Waals surface area contributed by atoms with E-state index in [-0.39, 0.29) is 0 Å². The lowest BCUT2D eigenvalue weighted by molar-refractivity contribution is 0.122. The Labute approximate surface area is 125 Å². The fourth-order valence-electron chi connectivity index (χ4n) is 2.38. The Morgan fingerprint density at radius 3 is 2.90 bits per heavy atom. The van der Waals surface area contributed by atoms with Crippen molar-refractivity contribution in [3.05, 3.63) is 47.7 Å². The third-order valence-corrected chi connectivity index (χ3v) is 3.49. The van der Waals surface area contributed by atoms with Crippen LogP contribution in [0.15, 0.2) is 36.5 Å². The monoisotopic (exact) mass is 284 g/mol. The first-order valence-corrected chi connectivity index (χ1v) is 7.26. The summed E-state index contributed by atoms with van der Waals surface area (Å²) in [7, 11) is 0. The molecule has 1 fully saturated rings. The highest BCUT2D eigenvalue weighted by atomic mass is 16.5. The standard InChI is InChI=1S/C16H20N4O/c1-13-3-2-4-14(11-13)12-18-15-5-6-17-16(19-15)20-7-9-21-10-8-20/h2-6,11H,7-10,12H2,1H3,(H,17,18,19). The van der Waals surface area contributed by atoms with Crippen LogP contribution < -0.4 is 10.2 Å². The van der Waals surface area contributed by atoms with Crippen LogP contribution in [0.25, 0.3) is 0 Å². The van der Waals surface area contributed by atoms with Crippen molar-refractivity contribution in [1.82, 2.24) is 9.97 Å². The topological polar surface area (TPSA) is 50.3 Å². The Bertz CT molecular complexity index is 596. The van der Waals surface area contributed by atoms with Gasteiger partial charge in [-0.05, 0) is 18.6 Å². The zero-order valence-electron chi connectivity index (χ0n) is 12.2. The highest BCUT2D eigenvalue weighted by Gasteiger charge is 2.13. The number of rotatable bonds is 4. The molecule has 110 valence electrons. The molecule has 1 aliphatic rings. The molecule has 0 radical (unpaired) electrons. The molecule has 5 heteroatoms. The van der Waals surface area contributed by atoms with Crippen LogP contribution in [0, 0.1) is 6.92 Å². The van der Waals surface area contributed by atoms with E-state index < -0.39 is 0 Å². The minimum absolute atomic E-state index is 0.740. The van der Waals surface area contributed by atoms with E-state index in [1.54, 1.807) is 6.20 Å². The summed E-state index contributed by atoms with van der Waals surface area (Å²) >= 11 is 0. The van der Waals surface area contributed by atoms with E-state index in [2.05, 4.69) is 51.4 Å². The molecule has 0 saturated carbocycles. The molecule has 0 atom stereocenters. The minimum Gasteiger partial charge on any atom is -0.378 e. The minimum atomic E-state index is 0.740. The molecule has 0 aliphatic carbocycles. The molecule has 1 saturated heterocycles. The molecule has 2 heterocycles. The van der Waals surface area contributed by atoms with Gasteiger partial charge in [-0.15, -0.1) is 0 Å². The molecule has 1 N–H and O–H groups in total. The van der Waals surface area contributed by atoms with E-state index >= 15 is 0 Å². The molecule has 0 amide bonds. The van der Waals surface area contributed by atoms with Gasteiger partial charge in [0, 0.05) is 25.8 Å². The molecule has 1 aromatic heterocycles. The van der Waals surface area contributed by atoms with Crippen LogP contribution in [-0.2, 0) is 11.3 Å². The summed E-state index contributed by atoms with van der Waals surface area (Å²) in [5.41, 5.74) is 2.52. The van der Waals surface area contributed by atoms with E-state index in [0.29, 0.717) is 0 Å². The third kappa shape index (κ3) is 3.70. The first-order chi connectivity index (χ1) is 10.3. The molecular weight excluding hydrogens is 264 g/mol. The van der Waals surface area contributed by atoms with E-state index in [4.69, 9.17) is 4.74 Å². The second-order valence-electron chi connectivity index (χ2n) is 5.18. The van der Waals surface area contributed by atoms with Crippen molar-refractivity contribution in [2.24, 2.45) is 0 Å². The van der Waals surface area contributed by atoms with E-state index in [1.807, 2.05) is 6.07 Å². The first kappa shape index (κ1) is 13.8. The summed E-state index contributed by atoms with van der Waals surface area (Å²) in [6.07, 6.45) is 1.80. The largest absolute Gasteiger partial charge is 0.378 e. The van der Waals surface area contributed by atoms with Crippen LogP contribution in [0.5, 0.6) is 0 Å². The van der Waals surface area contributed by atoms with E-state index in [9.17, 15) is 0 Å². The maximum Gasteiger partial charge on any atom is 0.227 e. The number of ether oxygens (including phenoxy) is 1. The van der Waals surface area contributed by atoms with Crippen LogP contribution >= 0.6 is 0 Å². The summed E-state index contributed by atoms with van der Waals surface area (Å²) in [6, 6.07) is 10.4. The summed E-state index contributed by atoms with van der Waals surface area (Å²) < 4.78 is 5.36. The number of benzene rings is 1. The average molecular weight is 284 g/mol. The molecule has 3 rings (SSSR count). The van der Waals surface area contributed by atoms with Crippen molar-refractivity contribution >= 4 is 11.8 Å². The molecule has 1 aliphatic heterocycles. The lowest BCUT2D eigenvalue weighted by Gasteiger charge is -2.26. The number of hydrogen-bond acceptors (Lipinski definition) is 5. The predicted molar refractivity (Wildman–Crippen MR) is 83.6 cm³/mol. The lowest BCUT2D eigenvalue weighted by atomic mass is 10.1. The van der Waals surface area contributed by atoms with Gasteiger partial charge in [-0.1, -0.05) is 29.8 Å². The summed E-state index contributed by atoms with van der Waals surface area (Å²) in [6.45, 7) is 6.04. The first-order valence-electron chi connectivity index (χ1n) is 7.26. The highest BCUT2D eigenvalue weighted by molar-refractivity contribution is 5.42. The van der Waals surface area contributed by atoms with E-state index in [1.165, 1.54) is 11.1 Å². The van der Waals surface area contributed by atoms with Gasteiger partial charge < -0.3 is 15.0 Å². The van der Waals surface area contributed by atoms with Gasteiger partial charge in [0.05, 0.1) is 13.2 Å². The lowest BCUT2D eigenvalue weighted by Crippen LogP contribution is -2.37. The number of nitrogens with zero attached hydrogens (tertiary/aromatic N) is 3. The van der Waals surface area contributed by atoms with Crippen molar-refractivity contribution in [3.63, 3.8) is 0 Å². The summed E-state index contributed by atoms with van der Waals surface area (Å²) in [5.74, 6) is 1.63. The van der Waals surface area contributed by atoms with Crippen LogP contribution in [0.1, 0.15) is 11.1 Å². The van der Waals surface area contributed by atoms with Crippen molar-refractivity contribution in [2.45, 2.75) is 13.5 Å². The zero-order chi connectivity index (χ0) is 14.5. The fourth-order valence-corrected chi connectivity index (χ4v) is 2.38. The maximum atomic E-state index is 5.36. The highest BCUT2D eigenvalue weighted by Crippen LogP contribution is 2.13. The van der Waals surface area contributed by atoms with Crippen molar-refractivity contribution in [2.75, 3.05) is 36.5 Å². The van der Waals surface area contributed by atoms with Gasteiger partial charge in [-0.25, -0.2) is 4.98 Å². The van der Waals surface area contributed by atoms with Gasteiger partial charge in [0.2, 0.25) is 5.95 Å².